The number of benzene rings is 2. The van der Waals surface area contributed by atoms with E-state index >= 15 is 0 Å². The van der Waals surface area contributed by atoms with E-state index in [0.29, 0.717) is 6.54 Å². The van der Waals surface area contributed by atoms with Crippen molar-refractivity contribution in [2.24, 2.45) is 0 Å². The molecule has 0 saturated heterocycles. The summed E-state index contributed by atoms with van der Waals surface area (Å²) in [5.74, 6) is -0.0425. The molecule has 0 atom stereocenters. The van der Waals surface area contributed by atoms with Crippen LogP contribution in [0.15, 0.2) is 61.2 Å². The van der Waals surface area contributed by atoms with Gasteiger partial charge in [0.1, 0.15) is 0 Å². The van der Waals surface area contributed by atoms with Crippen LogP contribution in [0.4, 0.5) is 5.69 Å². The first-order chi connectivity index (χ1) is 10.3. The Morgan fingerprint density at radius 3 is 2.67 bits per heavy atom. The fourth-order valence-electron chi connectivity index (χ4n) is 3.01. The summed E-state index contributed by atoms with van der Waals surface area (Å²) in [6, 6.07) is 16.4. The second kappa shape index (κ2) is 5.96. The Bertz CT molecular complexity index is 661. The quantitative estimate of drug-likeness (QED) is 0.776. The van der Waals surface area contributed by atoms with Gasteiger partial charge in [-0.1, -0.05) is 49.0 Å². The predicted octanol–water partition coefficient (Wildman–Crippen LogP) is 3.89. The van der Waals surface area contributed by atoms with E-state index < -0.39 is 0 Å². The van der Waals surface area contributed by atoms with Gasteiger partial charge in [0.15, 0.2) is 0 Å². The second-order valence-electron chi connectivity index (χ2n) is 5.38. The van der Waals surface area contributed by atoms with Crippen molar-refractivity contribution < 1.29 is 4.79 Å². The lowest BCUT2D eigenvalue weighted by Crippen LogP contribution is -2.29. The van der Waals surface area contributed by atoms with E-state index in [1.54, 1.807) is 0 Å². The minimum absolute atomic E-state index is 0.0425. The van der Waals surface area contributed by atoms with Gasteiger partial charge in [-0.2, -0.15) is 0 Å². The molecule has 106 valence electrons. The summed E-state index contributed by atoms with van der Waals surface area (Å²) in [4.78, 5) is 14.2. The Kier molecular flexibility index (Phi) is 3.87. The molecule has 0 bridgehead atoms. The number of carbonyl (C=O) groups excluding carboxylic acids is 1. The maximum atomic E-state index is 12.3. The van der Waals surface area contributed by atoms with E-state index in [4.69, 9.17) is 0 Å². The summed E-state index contributed by atoms with van der Waals surface area (Å²) >= 11 is 0. The van der Waals surface area contributed by atoms with Crippen molar-refractivity contribution in [2.75, 3.05) is 4.90 Å². The number of amides is 1. The van der Waals surface area contributed by atoms with Gasteiger partial charge in [-0.3, -0.25) is 4.79 Å². The number of anilines is 1. The molecular formula is C19H19NO. The maximum absolute atomic E-state index is 12.3. The lowest BCUT2D eigenvalue weighted by Gasteiger charge is -2.24. The molecular weight excluding hydrogens is 258 g/mol. The first-order valence-corrected chi connectivity index (χ1v) is 7.38. The minimum Gasteiger partial charge on any atom is -0.304 e. The molecule has 0 radical (unpaired) electrons. The number of nitrogens with zero attached hydrogens (tertiary/aromatic N) is 1. The SMILES string of the molecule is C=CC(=O)N(Cc1ccccc1)c1cccc2c1CCC2. The van der Waals surface area contributed by atoms with Crippen LogP contribution in [0.2, 0.25) is 0 Å². The largest absolute Gasteiger partial charge is 0.304 e. The van der Waals surface area contributed by atoms with Crippen molar-refractivity contribution in [2.45, 2.75) is 25.8 Å². The summed E-state index contributed by atoms with van der Waals surface area (Å²) < 4.78 is 0. The third-order valence-electron chi connectivity index (χ3n) is 4.04. The van der Waals surface area contributed by atoms with Gasteiger partial charge in [0, 0.05) is 5.69 Å². The molecule has 2 nitrogen and oxygen atoms in total. The van der Waals surface area contributed by atoms with Crippen LogP contribution in [0.5, 0.6) is 0 Å². The summed E-state index contributed by atoms with van der Waals surface area (Å²) in [5.41, 5.74) is 4.87. The summed E-state index contributed by atoms with van der Waals surface area (Å²) in [6.45, 7) is 4.24. The van der Waals surface area contributed by atoms with Gasteiger partial charge in [0.25, 0.3) is 5.91 Å². The minimum atomic E-state index is -0.0425. The highest BCUT2D eigenvalue weighted by atomic mass is 16.2. The normalized spacial score (nSPS) is 12.8. The highest BCUT2D eigenvalue weighted by Crippen LogP contribution is 2.32. The topological polar surface area (TPSA) is 20.3 Å². The van der Waals surface area contributed by atoms with Crippen molar-refractivity contribution in [3.8, 4) is 0 Å². The Hall–Kier alpha value is -2.35. The number of carbonyl (C=O) groups is 1. The van der Waals surface area contributed by atoms with E-state index in [1.807, 2.05) is 41.3 Å². The zero-order valence-corrected chi connectivity index (χ0v) is 12.1. The predicted molar refractivity (Wildman–Crippen MR) is 86.3 cm³/mol. The van der Waals surface area contributed by atoms with E-state index in [0.717, 1.165) is 24.1 Å². The van der Waals surface area contributed by atoms with Gasteiger partial charge in [-0.25, -0.2) is 0 Å². The Morgan fingerprint density at radius 2 is 1.90 bits per heavy atom. The smallest absolute Gasteiger partial charge is 0.250 e. The van der Waals surface area contributed by atoms with Gasteiger partial charge in [-0.05, 0) is 48.1 Å². The van der Waals surface area contributed by atoms with Gasteiger partial charge in [-0.15, -0.1) is 0 Å². The molecule has 2 aromatic carbocycles. The number of hydrogen-bond acceptors (Lipinski definition) is 1. The second-order valence-corrected chi connectivity index (χ2v) is 5.38. The molecule has 0 aliphatic heterocycles. The molecule has 0 N–H and O–H groups in total. The average molecular weight is 277 g/mol. The molecule has 0 spiro atoms. The molecule has 3 rings (SSSR count). The summed E-state index contributed by atoms with van der Waals surface area (Å²) in [6.07, 6.45) is 4.75. The van der Waals surface area contributed by atoms with Crippen LogP contribution in [0, 0.1) is 0 Å². The van der Waals surface area contributed by atoms with Crippen LogP contribution < -0.4 is 4.90 Å². The third-order valence-corrected chi connectivity index (χ3v) is 4.04. The molecule has 1 amide bonds. The molecule has 0 aromatic heterocycles. The van der Waals surface area contributed by atoms with Crippen LogP contribution in [-0.2, 0) is 24.2 Å². The van der Waals surface area contributed by atoms with E-state index in [9.17, 15) is 4.79 Å². The Morgan fingerprint density at radius 1 is 1.10 bits per heavy atom. The van der Waals surface area contributed by atoms with Crippen molar-refractivity contribution in [1.82, 2.24) is 0 Å². The molecule has 1 aliphatic rings. The van der Waals surface area contributed by atoms with E-state index in [-0.39, 0.29) is 5.91 Å². The fraction of sp³-hybridized carbons (Fsp3) is 0.211. The van der Waals surface area contributed by atoms with Crippen LogP contribution in [-0.4, -0.2) is 5.91 Å². The molecule has 2 heteroatoms. The lowest BCUT2D eigenvalue weighted by molar-refractivity contribution is -0.114. The third kappa shape index (κ3) is 2.75. The van der Waals surface area contributed by atoms with Gasteiger partial charge in [0.2, 0.25) is 0 Å². The molecule has 1 aliphatic carbocycles. The van der Waals surface area contributed by atoms with Crippen molar-refractivity contribution in [3.05, 3.63) is 77.9 Å². The van der Waals surface area contributed by atoms with Crippen LogP contribution >= 0.6 is 0 Å². The number of aryl methyl sites for hydroxylation is 1. The molecule has 0 saturated carbocycles. The van der Waals surface area contributed by atoms with Crippen LogP contribution in [0.25, 0.3) is 0 Å². The first-order valence-electron chi connectivity index (χ1n) is 7.38. The number of fused-ring (bicyclic) bond motifs is 1. The average Bonchev–Trinajstić information content (AvgIpc) is 3.01. The maximum Gasteiger partial charge on any atom is 0.250 e. The lowest BCUT2D eigenvalue weighted by atomic mass is 10.1. The summed E-state index contributed by atoms with van der Waals surface area (Å²) in [5, 5.41) is 0. The number of hydrogen-bond donors (Lipinski definition) is 0. The van der Waals surface area contributed by atoms with Crippen LogP contribution in [0.3, 0.4) is 0 Å². The molecule has 21 heavy (non-hydrogen) atoms. The highest BCUT2D eigenvalue weighted by Gasteiger charge is 2.21. The first kappa shape index (κ1) is 13.6. The Labute approximate surface area is 125 Å². The van der Waals surface area contributed by atoms with Crippen molar-refractivity contribution >= 4 is 11.6 Å². The Balaban J connectivity index is 1.99. The van der Waals surface area contributed by atoms with E-state index in [1.165, 1.54) is 23.6 Å². The zero-order chi connectivity index (χ0) is 14.7. The highest BCUT2D eigenvalue weighted by molar-refractivity contribution is 6.01. The molecule has 0 heterocycles. The number of rotatable bonds is 4. The zero-order valence-electron chi connectivity index (χ0n) is 12.1. The van der Waals surface area contributed by atoms with Gasteiger partial charge in [0.05, 0.1) is 6.54 Å². The van der Waals surface area contributed by atoms with Crippen LogP contribution in [0.1, 0.15) is 23.1 Å². The van der Waals surface area contributed by atoms with Crippen molar-refractivity contribution in [1.29, 1.82) is 0 Å². The molecule has 2 aromatic rings. The summed E-state index contributed by atoms with van der Waals surface area (Å²) in [7, 11) is 0. The van der Waals surface area contributed by atoms with E-state index in [2.05, 4.69) is 18.7 Å². The molecule has 0 fully saturated rings. The standard InChI is InChI=1S/C19H19NO/c1-2-19(21)20(14-15-8-4-3-5-9-15)18-13-7-11-16-10-6-12-17(16)18/h2-5,7-9,11,13H,1,6,10,12,14H2. The van der Waals surface area contributed by atoms with Gasteiger partial charge < -0.3 is 4.90 Å². The van der Waals surface area contributed by atoms with Gasteiger partial charge >= 0.3 is 0 Å². The molecule has 0 unspecified atom stereocenters. The monoisotopic (exact) mass is 277 g/mol. The fourth-order valence-corrected chi connectivity index (χ4v) is 3.01. The van der Waals surface area contributed by atoms with Crippen molar-refractivity contribution in [3.63, 3.8) is 0 Å².